The number of hydrogen-bond donors (Lipinski definition) is 0. The van der Waals surface area contributed by atoms with Gasteiger partial charge in [-0.15, -0.1) is 11.3 Å². The molecule has 0 saturated carbocycles. The van der Waals surface area contributed by atoms with E-state index in [9.17, 15) is 13.2 Å². The van der Waals surface area contributed by atoms with Crippen LogP contribution in [-0.4, -0.2) is 0 Å². The minimum atomic E-state index is -4.33. The van der Waals surface area contributed by atoms with Crippen molar-refractivity contribution in [3.05, 3.63) is 75.5 Å². The predicted octanol–water partition coefficient (Wildman–Crippen LogP) is 7.83. The third kappa shape index (κ3) is 4.41. The van der Waals surface area contributed by atoms with Gasteiger partial charge in [0.1, 0.15) is 11.9 Å². The molecule has 0 aliphatic heterocycles. The van der Waals surface area contributed by atoms with Crippen molar-refractivity contribution in [3.63, 3.8) is 0 Å². The van der Waals surface area contributed by atoms with Gasteiger partial charge < -0.3 is 4.74 Å². The van der Waals surface area contributed by atoms with E-state index in [1.54, 1.807) is 11.3 Å². The summed E-state index contributed by atoms with van der Waals surface area (Å²) in [6.07, 6.45) is -4.36. The number of halogens is 3. The summed E-state index contributed by atoms with van der Waals surface area (Å²) in [6.45, 7) is 8.17. The number of benzene rings is 2. The molecule has 5 heteroatoms. The molecule has 0 spiro atoms. The van der Waals surface area contributed by atoms with E-state index in [0.29, 0.717) is 5.92 Å². The molecular formula is C23H23F3OS. The Balaban J connectivity index is 1.91. The molecule has 0 aliphatic carbocycles. The molecule has 0 fully saturated rings. The number of hydrogen-bond acceptors (Lipinski definition) is 2. The first kappa shape index (κ1) is 20.5. The summed E-state index contributed by atoms with van der Waals surface area (Å²) in [6, 6.07) is 13.3. The lowest BCUT2D eigenvalue weighted by Gasteiger charge is -2.23. The van der Waals surface area contributed by atoms with E-state index in [0.717, 1.165) is 40.1 Å². The lowest BCUT2D eigenvalue weighted by molar-refractivity contribution is -0.137. The van der Waals surface area contributed by atoms with E-state index < -0.39 is 11.7 Å². The van der Waals surface area contributed by atoms with Crippen LogP contribution in [0.25, 0.3) is 11.1 Å². The highest BCUT2D eigenvalue weighted by atomic mass is 32.1. The second-order valence-corrected chi connectivity index (χ2v) is 8.28. The van der Waals surface area contributed by atoms with Crippen molar-refractivity contribution in [1.29, 1.82) is 0 Å². The third-order valence-corrected chi connectivity index (χ3v) is 5.63. The zero-order valence-electron chi connectivity index (χ0n) is 16.3. The van der Waals surface area contributed by atoms with Crippen LogP contribution in [0.1, 0.15) is 41.5 Å². The Morgan fingerprint density at radius 2 is 1.54 bits per heavy atom. The zero-order valence-corrected chi connectivity index (χ0v) is 17.1. The van der Waals surface area contributed by atoms with Gasteiger partial charge in [-0.25, -0.2) is 0 Å². The Kier molecular flexibility index (Phi) is 5.84. The topological polar surface area (TPSA) is 9.23 Å². The number of alkyl halides is 3. The molecule has 3 aromatic rings. The second-order valence-electron chi connectivity index (χ2n) is 7.31. The van der Waals surface area contributed by atoms with Crippen molar-refractivity contribution in [2.45, 2.75) is 40.0 Å². The van der Waals surface area contributed by atoms with Crippen molar-refractivity contribution >= 4 is 11.3 Å². The molecule has 1 unspecified atom stereocenters. The summed E-state index contributed by atoms with van der Waals surface area (Å²) in [5.74, 6) is 1.09. The van der Waals surface area contributed by atoms with Gasteiger partial charge in [0.05, 0.1) is 5.56 Å². The third-order valence-electron chi connectivity index (χ3n) is 4.70. The van der Waals surface area contributed by atoms with Crippen LogP contribution in [0.2, 0.25) is 0 Å². The summed E-state index contributed by atoms with van der Waals surface area (Å²) in [5.41, 5.74) is 3.03. The van der Waals surface area contributed by atoms with E-state index in [2.05, 4.69) is 19.9 Å². The van der Waals surface area contributed by atoms with Crippen LogP contribution in [0.15, 0.2) is 53.9 Å². The maximum atomic E-state index is 12.8. The summed E-state index contributed by atoms with van der Waals surface area (Å²) in [4.78, 5) is 1.18. The highest BCUT2D eigenvalue weighted by Crippen LogP contribution is 2.37. The van der Waals surface area contributed by atoms with E-state index >= 15 is 0 Å². The fourth-order valence-electron chi connectivity index (χ4n) is 3.40. The summed E-state index contributed by atoms with van der Waals surface area (Å²) >= 11 is 1.67. The van der Waals surface area contributed by atoms with Gasteiger partial charge in [0.25, 0.3) is 0 Å². The minimum absolute atomic E-state index is 0.0317. The van der Waals surface area contributed by atoms with Crippen LogP contribution in [0.3, 0.4) is 0 Å². The van der Waals surface area contributed by atoms with Gasteiger partial charge in [-0.2, -0.15) is 13.2 Å². The van der Waals surface area contributed by atoms with Crippen molar-refractivity contribution < 1.29 is 17.9 Å². The molecule has 0 bridgehead atoms. The van der Waals surface area contributed by atoms with E-state index in [4.69, 9.17) is 4.74 Å². The molecule has 1 aromatic heterocycles. The quantitative estimate of drug-likeness (QED) is 0.421. The lowest BCUT2D eigenvalue weighted by atomic mass is 9.94. The van der Waals surface area contributed by atoms with Crippen LogP contribution < -0.4 is 4.74 Å². The summed E-state index contributed by atoms with van der Waals surface area (Å²) in [7, 11) is 0. The molecule has 0 amide bonds. The zero-order chi connectivity index (χ0) is 20.5. The van der Waals surface area contributed by atoms with Gasteiger partial charge in [-0.3, -0.25) is 0 Å². The SMILES string of the molecule is Cc1cc(OC(c2cccs2)C(C)C)cc(C)c1-c1ccc(C(F)(F)F)cc1. The number of thiophene rings is 1. The smallest absolute Gasteiger partial charge is 0.416 e. The highest BCUT2D eigenvalue weighted by molar-refractivity contribution is 7.10. The highest BCUT2D eigenvalue weighted by Gasteiger charge is 2.30. The van der Waals surface area contributed by atoms with Crippen molar-refractivity contribution in [2.24, 2.45) is 5.92 Å². The summed E-state index contributed by atoms with van der Waals surface area (Å²) in [5, 5.41) is 2.04. The van der Waals surface area contributed by atoms with Crippen LogP contribution in [0.4, 0.5) is 13.2 Å². The monoisotopic (exact) mass is 404 g/mol. The number of aryl methyl sites for hydroxylation is 2. The largest absolute Gasteiger partial charge is 0.485 e. The average molecular weight is 404 g/mol. The van der Waals surface area contributed by atoms with E-state index in [-0.39, 0.29) is 6.10 Å². The Labute approximate surface area is 167 Å². The van der Waals surface area contributed by atoms with Crippen molar-refractivity contribution in [1.82, 2.24) is 0 Å². The summed E-state index contributed by atoms with van der Waals surface area (Å²) < 4.78 is 44.8. The van der Waals surface area contributed by atoms with Crippen LogP contribution >= 0.6 is 11.3 Å². The molecule has 0 N–H and O–H groups in total. The normalized spacial score (nSPS) is 13.0. The fourth-order valence-corrected chi connectivity index (χ4v) is 4.32. The molecule has 28 heavy (non-hydrogen) atoms. The Morgan fingerprint density at radius 3 is 2.00 bits per heavy atom. The van der Waals surface area contributed by atoms with E-state index in [1.807, 2.05) is 37.4 Å². The molecule has 148 valence electrons. The van der Waals surface area contributed by atoms with Crippen molar-refractivity contribution in [3.8, 4) is 16.9 Å². The average Bonchev–Trinajstić information content (AvgIpc) is 3.12. The minimum Gasteiger partial charge on any atom is -0.485 e. The second kappa shape index (κ2) is 8.00. The molecule has 0 saturated heterocycles. The molecule has 1 nitrogen and oxygen atoms in total. The standard InChI is InChI=1S/C23H23F3OS/c1-14(2)22(20-6-5-11-28-20)27-19-12-15(3)21(16(4)13-19)17-7-9-18(10-8-17)23(24,25)26/h5-14,22H,1-4H3. The fraction of sp³-hybridized carbons (Fsp3) is 0.304. The van der Waals surface area contributed by atoms with Crippen molar-refractivity contribution in [2.75, 3.05) is 0 Å². The Morgan fingerprint density at radius 1 is 0.929 bits per heavy atom. The molecule has 1 atom stereocenters. The lowest BCUT2D eigenvalue weighted by Crippen LogP contribution is -2.13. The maximum absolute atomic E-state index is 12.8. The molecule has 2 aromatic carbocycles. The predicted molar refractivity (Wildman–Crippen MR) is 109 cm³/mol. The molecule has 0 aliphatic rings. The number of ether oxygens (including phenoxy) is 1. The molecule has 3 rings (SSSR count). The van der Waals surface area contributed by atoms with Gasteiger partial charge in [-0.05, 0) is 77.7 Å². The van der Waals surface area contributed by atoms with Gasteiger partial charge in [0.15, 0.2) is 0 Å². The number of rotatable bonds is 5. The van der Waals surface area contributed by atoms with Gasteiger partial charge in [-0.1, -0.05) is 32.0 Å². The first-order chi connectivity index (χ1) is 13.2. The van der Waals surface area contributed by atoms with Crippen LogP contribution in [-0.2, 0) is 6.18 Å². The Hall–Kier alpha value is -2.27. The van der Waals surface area contributed by atoms with Gasteiger partial charge in [0, 0.05) is 4.88 Å². The Bertz CT molecular complexity index is 902. The first-order valence-electron chi connectivity index (χ1n) is 9.15. The van der Waals surface area contributed by atoms with E-state index in [1.165, 1.54) is 17.0 Å². The maximum Gasteiger partial charge on any atom is 0.416 e. The first-order valence-corrected chi connectivity index (χ1v) is 10.0. The van der Waals surface area contributed by atoms with Crippen LogP contribution in [0, 0.1) is 19.8 Å². The van der Waals surface area contributed by atoms with Gasteiger partial charge >= 0.3 is 6.18 Å². The molecular weight excluding hydrogens is 381 g/mol. The van der Waals surface area contributed by atoms with Gasteiger partial charge in [0.2, 0.25) is 0 Å². The molecule has 0 radical (unpaired) electrons. The molecule has 1 heterocycles. The van der Waals surface area contributed by atoms with Crippen LogP contribution in [0.5, 0.6) is 5.75 Å².